The van der Waals surface area contributed by atoms with Crippen molar-refractivity contribution in [2.24, 2.45) is 0 Å². The van der Waals surface area contributed by atoms with Crippen LogP contribution in [-0.4, -0.2) is 12.6 Å². The van der Waals surface area contributed by atoms with Crippen LogP contribution in [0.4, 0.5) is 0 Å². The van der Waals surface area contributed by atoms with Crippen molar-refractivity contribution in [2.45, 2.75) is 19.8 Å². The van der Waals surface area contributed by atoms with Gasteiger partial charge in [-0.2, -0.15) is 0 Å². The summed E-state index contributed by atoms with van der Waals surface area (Å²) < 4.78 is 4.98. The summed E-state index contributed by atoms with van der Waals surface area (Å²) in [6, 6.07) is 7.67. The quantitative estimate of drug-likeness (QED) is 0.447. The average Bonchev–Trinajstić information content (AvgIpc) is 2.26. The highest BCUT2D eigenvalue weighted by Gasteiger charge is 2.02. The van der Waals surface area contributed by atoms with Crippen LogP contribution in [0.25, 0.3) is 0 Å². The smallest absolute Gasteiger partial charge is 0.333 e. The number of aryl methyl sites for hydroxylation is 1. The second kappa shape index (κ2) is 6.33. The normalized spacial score (nSPS) is 9.88. The van der Waals surface area contributed by atoms with E-state index in [-0.39, 0.29) is 5.97 Å². The molecule has 0 atom stereocenters. The first-order valence-electron chi connectivity index (χ1n) is 5.16. The molecule has 0 aliphatic rings. The molecule has 0 unspecified atom stereocenters. The van der Waals surface area contributed by atoms with Gasteiger partial charge in [0.2, 0.25) is 0 Å². The Balaban J connectivity index is 2.23. The van der Waals surface area contributed by atoms with E-state index in [1.165, 1.54) is 5.56 Å². The van der Waals surface area contributed by atoms with Crippen molar-refractivity contribution < 1.29 is 9.53 Å². The van der Waals surface area contributed by atoms with Gasteiger partial charge in [-0.15, -0.1) is 0 Å². The van der Waals surface area contributed by atoms with E-state index in [0.717, 1.165) is 17.9 Å². The minimum absolute atomic E-state index is 0.323. The maximum atomic E-state index is 11.1. The van der Waals surface area contributed by atoms with Crippen LogP contribution in [0.5, 0.6) is 0 Å². The number of hydrogen-bond donors (Lipinski definition) is 0. The standard InChI is InChI=1S/C13H15ClO2/c1-10(2)13(15)16-9-3-4-11-5-7-12(14)8-6-11/h5-8H,1,3-4,9H2,2H3. The highest BCUT2D eigenvalue weighted by atomic mass is 35.5. The molecule has 3 heteroatoms. The monoisotopic (exact) mass is 238 g/mol. The lowest BCUT2D eigenvalue weighted by molar-refractivity contribution is -0.139. The first kappa shape index (κ1) is 12.8. The summed E-state index contributed by atoms with van der Waals surface area (Å²) in [7, 11) is 0. The number of rotatable bonds is 5. The third-order valence-corrected chi connectivity index (χ3v) is 2.36. The van der Waals surface area contributed by atoms with E-state index in [1.807, 2.05) is 24.3 Å². The Morgan fingerprint density at radius 3 is 2.56 bits per heavy atom. The number of esters is 1. The summed E-state index contributed by atoms with van der Waals surface area (Å²) in [5, 5.41) is 0.734. The Bertz CT molecular complexity index is 368. The van der Waals surface area contributed by atoms with Gasteiger partial charge in [0.05, 0.1) is 6.61 Å². The Morgan fingerprint density at radius 1 is 1.38 bits per heavy atom. The minimum Gasteiger partial charge on any atom is -0.462 e. The molecule has 0 aliphatic heterocycles. The Kier molecular flexibility index (Phi) is 5.06. The molecule has 16 heavy (non-hydrogen) atoms. The van der Waals surface area contributed by atoms with E-state index in [0.29, 0.717) is 12.2 Å². The van der Waals surface area contributed by atoms with Crippen molar-refractivity contribution in [3.8, 4) is 0 Å². The summed E-state index contributed by atoms with van der Waals surface area (Å²) in [4.78, 5) is 11.1. The second-order valence-electron chi connectivity index (χ2n) is 3.65. The van der Waals surface area contributed by atoms with E-state index < -0.39 is 0 Å². The summed E-state index contributed by atoms with van der Waals surface area (Å²) in [5.74, 6) is -0.323. The molecule has 0 saturated carbocycles. The van der Waals surface area contributed by atoms with Gasteiger partial charge in [-0.1, -0.05) is 30.3 Å². The molecular formula is C13H15ClO2. The molecule has 1 aromatic carbocycles. The van der Waals surface area contributed by atoms with Gasteiger partial charge in [0.15, 0.2) is 0 Å². The third-order valence-electron chi connectivity index (χ3n) is 2.10. The number of halogens is 1. The van der Waals surface area contributed by atoms with Gasteiger partial charge in [0.1, 0.15) is 0 Å². The third kappa shape index (κ3) is 4.49. The zero-order valence-electron chi connectivity index (χ0n) is 9.33. The first-order chi connectivity index (χ1) is 7.59. The van der Waals surface area contributed by atoms with Gasteiger partial charge in [-0.25, -0.2) is 4.79 Å². The lowest BCUT2D eigenvalue weighted by Crippen LogP contribution is -2.06. The van der Waals surface area contributed by atoms with E-state index in [4.69, 9.17) is 16.3 Å². The lowest BCUT2D eigenvalue weighted by Gasteiger charge is -2.04. The topological polar surface area (TPSA) is 26.3 Å². The predicted molar refractivity (Wildman–Crippen MR) is 65.5 cm³/mol. The van der Waals surface area contributed by atoms with Crippen LogP contribution < -0.4 is 0 Å². The highest BCUT2D eigenvalue weighted by molar-refractivity contribution is 6.30. The molecule has 0 fully saturated rings. The second-order valence-corrected chi connectivity index (χ2v) is 4.08. The number of carbonyl (C=O) groups is 1. The zero-order chi connectivity index (χ0) is 12.0. The average molecular weight is 239 g/mol. The van der Waals surface area contributed by atoms with Crippen molar-refractivity contribution in [3.63, 3.8) is 0 Å². The van der Waals surface area contributed by atoms with E-state index in [1.54, 1.807) is 6.92 Å². The fraction of sp³-hybridized carbons (Fsp3) is 0.308. The van der Waals surface area contributed by atoms with Crippen molar-refractivity contribution in [3.05, 3.63) is 47.0 Å². The van der Waals surface area contributed by atoms with Crippen LogP contribution in [-0.2, 0) is 16.0 Å². The number of benzene rings is 1. The van der Waals surface area contributed by atoms with Crippen LogP contribution in [0.2, 0.25) is 5.02 Å². The van der Waals surface area contributed by atoms with Crippen molar-refractivity contribution in [2.75, 3.05) is 6.61 Å². The molecule has 0 radical (unpaired) electrons. The molecular weight excluding hydrogens is 224 g/mol. The summed E-state index contributed by atoms with van der Waals surface area (Å²) in [6.07, 6.45) is 1.68. The van der Waals surface area contributed by atoms with Crippen LogP contribution in [0.15, 0.2) is 36.4 Å². The molecule has 0 aliphatic carbocycles. The van der Waals surface area contributed by atoms with Gasteiger partial charge in [0, 0.05) is 10.6 Å². The largest absolute Gasteiger partial charge is 0.462 e. The molecule has 1 aromatic rings. The van der Waals surface area contributed by atoms with E-state index in [2.05, 4.69) is 6.58 Å². The summed E-state index contributed by atoms with van der Waals surface area (Å²) in [6.45, 7) is 5.58. The van der Waals surface area contributed by atoms with Crippen LogP contribution in [0.1, 0.15) is 18.9 Å². The van der Waals surface area contributed by atoms with E-state index >= 15 is 0 Å². The SMILES string of the molecule is C=C(C)C(=O)OCCCc1ccc(Cl)cc1. The van der Waals surface area contributed by atoms with Gasteiger partial charge in [0.25, 0.3) is 0 Å². The van der Waals surface area contributed by atoms with E-state index in [9.17, 15) is 4.79 Å². The molecule has 0 spiro atoms. The Hall–Kier alpha value is -1.28. The molecule has 0 aromatic heterocycles. The molecule has 0 bridgehead atoms. The number of carbonyl (C=O) groups excluding carboxylic acids is 1. The molecule has 1 rings (SSSR count). The fourth-order valence-corrected chi connectivity index (χ4v) is 1.34. The Labute approximate surface area is 101 Å². The maximum Gasteiger partial charge on any atom is 0.333 e. The van der Waals surface area contributed by atoms with Gasteiger partial charge in [-0.3, -0.25) is 0 Å². The summed E-state index contributed by atoms with van der Waals surface area (Å²) in [5.41, 5.74) is 1.63. The first-order valence-corrected chi connectivity index (χ1v) is 5.54. The highest BCUT2D eigenvalue weighted by Crippen LogP contribution is 2.10. The molecule has 0 heterocycles. The van der Waals surface area contributed by atoms with Gasteiger partial charge >= 0.3 is 5.97 Å². The molecule has 2 nitrogen and oxygen atoms in total. The number of hydrogen-bond acceptors (Lipinski definition) is 2. The predicted octanol–water partition coefficient (Wildman–Crippen LogP) is 3.39. The van der Waals surface area contributed by atoms with Crippen molar-refractivity contribution in [1.82, 2.24) is 0 Å². The summed E-state index contributed by atoms with van der Waals surface area (Å²) >= 11 is 5.77. The fourth-order valence-electron chi connectivity index (χ4n) is 1.22. The zero-order valence-corrected chi connectivity index (χ0v) is 10.1. The Morgan fingerprint density at radius 2 is 2.00 bits per heavy atom. The minimum atomic E-state index is -0.323. The van der Waals surface area contributed by atoms with Crippen LogP contribution in [0.3, 0.4) is 0 Å². The van der Waals surface area contributed by atoms with Crippen molar-refractivity contribution >= 4 is 17.6 Å². The van der Waals surface area contributed by atoms with Gasteiger partial charge in [-0.05, 0) is 37.5 Å². The van der Waals surface area contributed by atoms with Crippen molar-refractivity contribution in [1.29, 1.82) is 0 Å². The van der Waals surface area contributed by atoms with Crippen LogP contribution >= 0.6 is 11.6 Å². The maximum absolute atomic E-state index is 11.1. The molecule has 86 valence electrons. The molecule has 0 amide bonds. The number of ether oxygens (including phenoxy) is 1. The molecule has 0 saturated heterocycles. The van der Waals surface area contributed by atoms with Crippen LogP contribution in [0, 0.1) is 0 Å². The lowest BCUT2D eigenvalue weighted by atomic mass is 10.1. The molecule has 0 N–H and O–H groups in total. The van der Waals surface area contributed by atoms with Gasteiger partial charge < -0.3 is 4.74 Å².